The Bertz CT molecular complexity index is 1470. The van der Waals surface area contributed by atoms with E-state index in [0.717, 1.165) is 15.8 Å². The van der Waals surface area contributed by atoms with Crippen LogP contribution < -0.4 is 9.52 Å². The molecule has 9 heteroatoms. The molecule has 1 N–H and O–H groups in total. The number of carbonyl (C=O) groups excluding carboxylic acids is 1. The van der Waals surface area contributed by atoms with Crippen LogP contribution in [0.4, 0.5) is 5.69 Å². The molecule has 164 valence electrons. The largest absolute Gasteiger partial charge is 0.317 e. The summed E-state index contributed by atoms with van der Waals surface area (Å²) in [5.74, 6) is -0.405. The molecule has 0 radical (unpaired) electrons. The van der Waals surface area contributed by atoms with Crippen molar-refractivity contribution in [3.05, 3.63) is 87.7 Å². The number of aryl methyl sites for hydroxylation is 2. The van der Waals surface area contributed by atoms with Crippen LogP contribution in [0, 0.1) is 6.92 Å². The Morgan fingerprint density at radius 2 is 1.75 bits per heavy atom. The monoisotopic (exact) mass is 485 g/mol. The number of rotatable bonds is 5. The summed E-state index contributed by atoms with van der Waals surface area (Å²) in [7, 11) is -3.71. The molecular formula is C23H20ClN3O3S2. The quantitative estimate of drug-likeness (QED) is 0.420. The number of sulfonamides is 1. The Balaban J connectivity index is 1.59. The fourth-order valence-electron chi connectivity index (χ4n) is 3.20. The average molecular weight is 486 g/mol. The molecule has 0 unspecified atom stereocenters. The van der Waals surface area contributed by atoms with Gasteiger partial charge in [-0.2, -0.15) is 4.99 Å². The van der Waals surface area contributed by atoms with Gasteiger partial charge in [0.1, 0.15) is 0 Å². The van der Waals surface area contributed by atoms with Crippen molar-refractivity contribution < 1.29 is 13.2 Å². The first-order valence-corrected chi connectivity index (χ1v) is 12.5. The summed E-state index contributed by atoms with van der Waals surface area (Å²) in [5.41, 5.74) is 2.67. The van der Waals surface area contributed by atoms with Crippen LogP contribution in [0.1, 0.15) is 22.8 Å². The first kappa shape index (κ1) is 22.3. The molecule has 32 heavy (non-hydrogen) atoms. The highest BCUT2D eigenvalue weighted by Crippen LogP contribution is 2.22. The number of thiazole rings is 1. The van der Waals surface area contributed by atoms with Crippen LogP contribution in [0.3, 0.4) is 0 Å². The van der Waals surface area contributed by atoms with Crippen LogP contribution in [0.5, 0.6) is 0 Å². The fourth-order valence-corrected chi connectivity index (χ4v) is 5.63. The standard InChI is InChI=1S/C23H20ClN3O3S2/c1-3-27-20-13-8-17(24)14-21(20)31-23(27)25-22(28)16-6-9-18(10-7-16)26-32(29,30)19-11-4-15(2)5-12-19/h4-14,26H,3H2,1-2H3. The van der Waals surface area contributed by atoms with Crippen LogP contribution >= 0.6 is 22.9 Å². The zero-order chi connectivity index (χ0) is 22.9. The third-order valence-corrected chi connectivity index (χ3v) is 7.55. The number of benzene rings is 3. The Kier molecular flexibility index (Phi) is 6.19. The van der Waals surface area contributed by atoms with E-state index in [0.29, 0.717) is 27.6 Å². The number of nitrogens with zero attached hydrogens (tertiary/aromatic N) is 2. The molecular weight excluding hydrogens is 466 g/mol. The summed E-state index contributed by atoms with van der Waals surface area (Å²) in [6, 6.07) is 18.4. The van der Waals surface area contributed by atoms with Crippen molar-refractivity contribution >= 4 is 54.8 Å². The highest BCUT2D eigenvalue weighted by Gasteiger charge is 2.14. The second-order valence-corrected chi connectivity index (χ2v) is 10.3. The molecule has 6 nitrogen and oxygen atoms in total. The van der Waals surface area contributed by atoms with E-state index in [1.165, 1.54) is 11.3 Å². The molecule has 4 rings (SSSR count). The van der Waals surface area contributed by atoms with Crippen molar-refractivity contribution in [1.82, 2.24) is 4.57 Å². The first-order chi connectivity index (χ1) is 15.3. The van der Waals surface area contributed by atoms with Crippen molar-refractivity contribution in [2.45, 2.75) is 25.3 Å². The minimum absolute atomic E-state index is 0.173. The predicted molar refractivity (Wildman–Crippen MR) is 129 cm³/mol. The molecule has 0 aliphatic carbocycles. The summed E-state index contributed by atoms with van der Waals surface area (Å²) in [6.45, 7) is 4.53. The fraction of sp³-hybridized carbons (Fsp3) is 0.130. The zero-order valence-electron chi connectivity index (χ0n) is 17.4. The van der Waals surface area contributed by atoms with Gasteiger partial charge in [0.05, 0.1) is 15.1 Å². The number of aromatic nitrogens is 1. The molecule has 0 aliphatic heterocycles. The maximum atomic E-state index is 12.7. The number of amides is 1. The van der Waals surface area contributed by atoms with Crippen molar-refractivity contribution in [1.29, 1.82) is 0 Å². The predicted octanol–water partition coefficient (Wildman–Crippen LogP) is 5.23. The Morgan fingerprint density at radius 3 is 2.41 bits per heavy atom. The minimum Gasteiger partial charge on any atom is -0.317 e. The Labute approximate surface area is 194 Å². The average Bonchev–Trinajstić information content (AvgIpc) is 3.10. The molecule has 1 heterocycles. The maximum Gasteiger partial charge on any atom is 0.279 e. The number of anilines is 1. The van der Waals surface area contributed by atoms with E-state index in [9.17, 15) is 13.2 Å². The van der Waals surface area contributed by atoms with Gasteiger partial charge in [-0.05, 0) is 68.4 Å². The van der Waals surface area contributed by atoms with E-state index >= 15 is 0 Å². The summed E-state index contributed by atoms with van der Waals surface area (Å²) in [6.07, 6.45) is 0. The van der Waals surface area contributed by atoms with Gasteiger partial charge in [0.2, 0.25) is 0 Å². The normalized spacial score (nSPS) is 12.3. The van der Waals surface area contributed by atoms with Gasteiger partial charge in [0.15, 0.2) is 4.80 Å². The minimum atomic E-state index is -3.71. The second-order valence-electron chi connectivity index (χ2n) is 7.15. The summed E-state index contributed by atoms with van der Waals surface area (Å²) < 4.78 is 30.5. The molecule has 1 aromatic heterocycles. The van der Waals surface area contributed by atoms with Gasteiger partial charge in [0.25, 0.3) is 15.9 Å². The van der Waals surface area contributed by atoms with Crippen LogP contribution in [-0.4, -0.2) is 18.9 Å². The van der Waals surface area contributed by atoms with Crippen molar-refractivity contribution in [3.8, 4) is 0 Å². The summed E-state index contributed by atoms with van der Waals surface area (Å²) in [4.78, 5) is 17.8. The molecule has 3 aromatic carbocycles. The van der Waals surface area contributed by atoms with Crippen LogP contribution in [0.2, 0.25) is 5.02 Å². The lowest BCUT2D eigenvalue weighted by atomic mass is 10.2. The lowest BCUT2D eigenvalue weighted by Crippen LogP contribution is -2.16. The highest BCUT2D eigenvalue weighted by atomic mass is 35.5. The molecule has 1 amide bonds. The van der Waals surface area contributed by atoms with Crippen LogP contribution in [0.25, 0.3) is 10.2 Å². The molecule has 0 spiro atoms. The van der Waals surface area contributed by atoms with E-state index in [1.807, 2.05) is 36.6 Å². The summed E-state index contributed by atoms with van der Waals surface area (Å²) >= 11 is 7.48. The van der Waals surface area contributed by atoms with E-state index in [2.05, 4.69) is 9.71 Å². The van der Waals surface area contributed by atoms with Crippen LogP contribution in [0.15, 0.2) is 76.6 Å². The molecule has 0 saturated carbocycles. The van der Waals surface area contributed by atoms with E-state index in [4.69, 9.17) is 11.6 Å². The maximum absolute atomic E-state index is 12.7. The van der Waals surface area contributed by atoms with Gasteiger partial charge in [-0.15, -0.1) is 0 Å². The first-order valence-electron chi connectivity index (χ1n) is 9.84. The molecule has 0 aliphatic rings. The third-order valence-electron chi connectivity index (χ3n) is 4.87. The smallest absolute Gasteiger partial charge is 0.279 e. The van der Waals surface area contributed by atoms with Crippen LogP contribution in [-0.2, 0) is 16.6 Å². The highest BCUT2D eigenvalue weighted by molar-refractivity contribution is 7.92. The van der Waals surface area contributed by atoms with Crippen molar-refractivity contribution in [2.75, 3.05) is 4.72 Å². The molecule has 0 bridgehead atoms. The van der Waals surface area contributed by atoms with Gasteiger partial charge in [-0.1, -0.05) is 40.6 Å². The Morgan fingerprint density at radius 1 is 1.06 bits per heavy atom. The van der Waals surface area contributed by atoms with Crippen molar-refractivity contribution in [2.24, 2.45) is 4.99 Å². The molecule has 0 saturated heterocycles. The molecule has 4 aromatic rings. The van der Waals surface area contributed by atoms with Gasteiger partial charge < -0.3 is 4.57 Å². The Hall–Kier alpha value is -2.94. The van der Waals surface area contributed by atoms with Gasteiger partial charge in [-0.25, -0.2) is 8.42 Å². The number of hydrogen-bond donors (Lipinski definition) is 1. The number of fused-ring (bicyclic) bond motifs is 1. The van der Waals surface area contributed by atoms with Gasteiger partial charge >= 0.3 is 0 Å². The number of nitrogens with one attached hydrogen (secondary N) is 1. The number of halogens is 1. The van der Waals surface area contributed by atoms with E-state index in [1.54, 1.807) is 48.5 Å². The lowest BCUT2D eigenvalue weighted by Gasteiger charge is -2.08. The van der Waals surface area contributed by atoms with Crippen molar-refractivity contribution in [3.63, 3.8) is 0 Å². The van der Waals surface area contributed by atoms with Gasteiger partial charge in [-0.3, -0.25) is 9.52 Å². The third kappa shape index (κ3) is 4.62. The topological polar surface area (TPSA) is 80.5 Å². The zero-order valence-corrected chi connectivity index (χ0v) is 19.8. The lowest BCUT2D eigenvalue weighted by molar-refractivity contribution is 0.0998. The molecule has 0 fully saturated rings. The summed E-state index contributed by atoms with van der Waals surface area (Å²) in [5, 5.41) is 0.628. The second kappa shape index (κ2) is 8.90. The van der Waals surface area contributed by atoms with E-state index in [-0.39, 0.29) is 4.90 Å². The SMILES string of the molecule is CCn1c(=NC(=O)c2ccc(NS(=O)(=O)c3ccc(C)cc3)cc2)sc2cc(Cl)ccc21. The van der Waals surface area contributed by atoms with E-state index < -0.39 is 15.9 Å². The number of hydrogen-bond acceptors (Lipinski definition) is 4. The molecule has 0 atom stereocenters. The number of carbonyl (C=O) groups is 1. The van der Waals surface area contributed by atoms with Gasteiger partial charge in [0, 0.05) is 22.8 Å².